The largest absolute Gasteiger partial charge is 0.360 e. The molecule has 0 bridgehead atoms. The summed E-state index contributed by atoms with van der Waals surface area (Å²) in [7, 11) is 0. The lowest BCUT2D eigenvalue weighted by Gasteiger charge is -2.28. The van der Waals surface area contributed by atoms with Crippen LogP contribution >= 0.6 is 0 Å². The highest BCUT2D eigenvalue weighted by molar-refractivity contribution is 6.00. The van der Waals surface area contributed by atoms with E-state index in [4.69, 9.17) is 0 Å². The first-order valence-corrected chi connectivity index (χ1v) is 10.8. The number of nitrogens with one attached hydrogen (secondary N) is 2. The maximum Gasteiger partial charge on any atom is 0.239 e. The molecule has 2 aliphatic rings. The maximum atomic E-state index is 12.7. The van der Waals surface area contributed by atoms with Crippen LogP contribution in [0.5, 0.6) is 0 Å². The maximum absolute atomic E-state index is 12.7. The van der Waals surface area contributed by atoms with Gasteiger partial charge in [-0.25, -0.2) is 0 Å². The molecule has 2 aromatic rings. The number of carbonyl (C=O) groups is 3. The zero-order valence-electron chi connectivity index (χ0n) is 17.8. The van der Waals surface area contributed by atoms with Crippen LogP contribution in [0.4, 0.5) is 11.4 Å². The highest BCUT2D eigenvalue weighted by Gasteiger charge is 2.35. The molecule has 3 amide bonds. The molecule has 162 valence electrons. The van der Waals surface area contributed by atoms with Crippen molar-refractivity contribution in [2.45, 2.75) is 26.3 Å². The van der Waals surface area contributed by atoms with Gasteiger partial charge in [0.1, 0.15) is 0 Å². The number of carbonyl (C=O) groups excluding carboxylic acids is 3. The quantitative estimate of drug-likeness (QED) is 0.747. The predicted molar refractivity (Wildman–Crippen MR) is 120 cm³/mol. The zero-order valence-corrected chi connectivity index (χ0v) is 17.8. The van der Waals surface area contributed by atoms with Crippen molar-refractivity contribution >= 4 is 29.1 Å². The molecule has 0 aliphatic carbocycles. The molecule has 0 radical (unpaired) electrons. The van der Waals surface area contributed by atoms with Crippen LogP contribution in [0, 0.1) is 5.92 Å². The van der Waals surface area contributed by atoms with Crippen molar-refractivity contribution in [3.63, 3.8) is 0 Å². The van der Waals surface area contributed by atoms with Gasteiger partial charge in [0, 0.05) is 44.0 Å². The molecule has 2 aromatic carbocycles. The summed E-state index contributed by atoms with van der Waals surface area (Å²) in [5, 5.41) is 5.79. The fraction of sp³-hybridized carbons (Fsp3) is 0.375. The Balaban J connectivity index is 1.33. The van der Waals surface area contributed by atoms with Gasteiger partial charge >= 0.3 is 0 Å². The molecule has 2 saturated heterocycles. The molecule has 4 rings (SSSR count). The van der Waals surface area contributed by atoms with Crippen LogP contribution in [0.3, 0.4) is 0 Å². The molecular formula is C24H28N4O3. The summed E-state index contributed by atoms with van der Waals surface area (Å²) in [4.78, 5) is 40.6. The third-order valence-corrected chi connectivity index (χ3v) is 5.97. The second kappa shape index (κ2) is 9.20. The van der Waals surface area contributed by atoms with Crippen LogP contribution in [0.25, 0.3) is 0 Å². The van der Waals surface area contributed by atoms with Gasteiger partial charge in [-0.15, -0.1) is 0 Å². The van der Waals surface area contributed by atoms with Crippen molar-refractivity contribution < 1.29 is 14.4 Å². The number of piperazine rings is 1. The fourth-order valence-corrected chi connectivity index (χ4v) is 4.21. The summed E-state index contributed by atoms with van der Waals surface area (Å²) in [5.41, 5.74) is 4.00. The molecule has 31 heavy (non-hydrogen) atoms. The molecule has 0 spiro atoms. The number of anilines is 2. The van der Waals surface area contributed by atoms with E-state index in [1.807, 2.05) is 53.4 Å². The van der Waals surface area contributed by atoms with E-state index in [9.17, 15) is 14.4 Å². The van der Waals surface area contributed by atoms with E-state index in [2.05, 4.69) is 17.6 Å². The van der Waals surface area contributed by atoms with Gasteiger partial charge in [-0.05, 0) is 35.7 Å². The fourth-order valence-electron chi connectivity index (χ4n) is 4.21. The Hall–Kier alpha value is -3.35. The number of para-hydroxylation sites is 1. The molecule has 7 heteroatoms. The zero-order chi connectivity index (χ0) is 21.8. The minimum Gasteiger partial charge on any atom is -0.360 e. The van der Waals surface area contributed by atoms with E-state index in [1.54, 1.807) is 4.90 Å². The average molecular weight is 421 g/mol. The minimum atomic E-state index is -0.344. The lowest BCUT2D eigenvalue weighted by Crippen LogP contribution is -2.47. The molecule has 2 N–H and O–H groups in total. The van der Waals surface area contributed by atoms with E-state index in [0.717, 1.165) is 35.5 Å². The number of aryl methyl sites for hydroxylation is 1. The first kappa shape index (κ1) is 20.9. The van der Waals surface area contributed by atoms with Crippen LogP contribution in [0.15, 0.2) is 48.5 Å². The van der Waals surface area contributed by atoms with Gasteiger partial charge in [-0.3, -0.25) is 14.4 Å². The molecule has 2 fully saturated rings. The summed E-state index contributed by atoms with van der Waals surface area (Å²) in [6.07, 6.45) is 1.08. The van der Waals surface area contributed by atoms with Gasteiger partial charge in [0.15, 0.2) is 0 Å². The average Bonchev–Trinajstić information content (AvgIpc) is 3.19. The Morgan fingerprint density at radius 2 is 1.90 bits per heavy atom. The third-order valence-electron chi connectivity index (χ3n) is 5.97. The molecule has 7 nitrogen and oxygen atoms in total. The highest BCUT2D eigenvalue weighted by atomic mass is 16.2. The van der Waals surface area contributed by atoms with Crippen molar-refractivity contribution in [2.75, 3.05) is 36.0 Å². The van der Waals surface area contributed by atoms with E-state index in [-0.39, 0.29) is 30.1 Å². The normalized spacial score (nSPS) is 18.8. The standard InChI is InChI=1S/C24H28N4O3/c1-2-18-5-3-4-6-21(18)28-15-19(13-23(28)30)24(31)26-14-17-7-9-20(10-8-17)27-12-11-25-22(29)16-27/h3-10,19H,2,11-16H2,1H3,(H,25,29)(H,26,31). The van der Waals surface area contributed by atoms with Gasteiger partial charge in [0.2, 0.25) is 17.7 Å². The lowest BCUT2D eigenvalue weighted by molar-refractivity contribution is -0.126. The number of hydrogen-bond donors (Lipinski definition) is 2. The molecule has 1 unspecified atom stereocenters. The van der Waals surface area contributed by atoms with Gasteiger partial charge in [-0.2, -0.15) is 0 Å². The number of benzene rings is 2. The smallest absolute Gasteiger partial charge is 0.239 e. The van der Waals surface area contributed by atoms with Crippen molar-refractivity contribution in [3.05, 3.63) is 59.7 Å². The molecule has 0 aromatic heterocycles. The van der Waals surface area contributed by atoms with E-state index in [0.29, 0.717) is 26.2 Å². The van der Waals surface area contributed by atoms with Crippen molar-refractivity contribution in [3.8, 4) is 0 Å². The van der Waals surface area contributed by atoms with Gasteiger partial charge in [0.05, 0.1) is 12.5 Å². The topological polar surface area (TPSA) is 81.8 Å². The Morgan fingerprint density at radius 3 is 2.65 bits per heavy atom. The van der Waals surface area contributed by atoms with Gasteiger partial charge < -0.3 is 20.4 Å². The number of amides is 3. The van der Waals surface area contributed by atoms with Gasteiger partial charge in [-0.1, -0.05) is 37.3 Å². The Bertz CT molecular complexity index is 973. The summed E-state index contributed by atoms with van der Waals surface area (Å²) in [6.45, 7) is 4.69. The third kappa shape index (κ3) is 4.71. The second-order valence-corrected chi connectivity index (χ2v) is 8.04. The summed E-state index contributed by atoms with van der Waals surface area (Å²) in [5.74, 6) is -0.412. The van der Waals surface area contributed by atoms with Crippen LogP contribution in [0.2, 0.25) is 0 Å². The van der Waals surface area contributed by atoms with E-state index in [1.165, 1.54) is 0 Å². The van der Waals surface area contributed by atoms with Crippen molar-refractivity contribution in [2.24, 2.45) is 5.92 Å². The van der Waals surface area contributed by atoms with Gasteiger partial charge in [0.25, 0.3) is 0 Å². The summed E-state index contributed by atoms with van der Waals surface area (Å²) in [6, 6.07) is 15.7. The lowest BCUT2D eigenvalue weighted by atomic mass is 10.1. The van der Waals surface area contributed by atoms with E-state index >= 15 is 0 Å². The molecule has 0 saturated carbocycles. The first-order chi connectivity index (χ1) is 15.0. The summed E-state index contributed by atoms with van der Waals surface area (Å²) < 4.78 is 0. The summed E-state index contributed by atoms with van der Waals surface area (Å²) >= 11 is 0. The van der Waals surface area contributed by atoms with Crippen molar-refractivity contribution in [1.29, 1.82) is 0 Å². The van der Waals surface area contributed by atoms with Crippen LogP contribution in [-0.2, 0) is 27.3 Å². The second-order valence-electron chi connectivity index (χ2n) is 8.04. The monoisotopic (exact) mass is 420 g/mol. The highest BCUT2D eigenvalue weighted by Crippen LogP contribution is 2.28. The van der Waals surface area contributed by atoms with Crippen LogP contribution in [0.1, 0.15) is 24.5 Å². The predicted octanol–water partition coefficient (Wildman–Crippen LogP) is 1.85. The van der Waals surface area contributed by atoms with Crippen LogP contribution in [-0.4, -0.2) is 43.9 Å². The Kier molecular flexibility index (Phi) is 6.21. The first-order valence-electron chi connectivity index (χ1n) is 10.8. The SMILES string of the molecule is CCc1ccccc1N1CC(C(=O)NCc2ccc(N3CCNC(=O)C3)cc2)CC1=O. The number of hydrogen-bond acceptors (Lipinski definition) is 4. The molecule has 2 aliphatic heterocycles. The Labute approximate surface area is 182 Å². The van der Waals surface area contributed by atoms with Crippen LogP contribution < -0.4 is 20.4 Å². The number of rotatable bonds is 6. The van der Waals surface area contributed by atoms with Crippen molar-refractivity contribution in [1.82, 2.24) is 10.6 Å². The Morgan fingerprint density at radius 1 is 1.13 bits per heavy atom. The number of nitrogens with zero attached hydrogens (tertiary/aromatic N) is 2. The van der Waals surface area contributed by atoms with E-state index < -0.39 is 0 Å². The molecular weight excluding hydrogens is 392 g/mol. The molecule has 1 atom stereocenters. The minimum absolute atomic E-state index is 0.00373. The molecule has 2 heterocycles.